The van der Waals surface area contributed by atoms with Gasteiger partial charge in [-0.1, -0.05) is 47.5 Å². The second kappa shape index (κ2) is 9.98. The monoisotopic (exact) mass is 405 g/mol. The summed E-state index contributed by atoms with van der Waals surface area (Å²) in [5.41, 5.74) is 5.27. The average molecular weight is 407 g/mol. The average Bonchev–Trinajstić information content (AvgIpc) is 2.46. The van der Waals surface area contributed by atoms with Gasteiger partial charge in [-0.25, -0.2) is 0 Å². The van der Waals surface area contributed by atoms with Gasteiger partial charge in [0.05, 0.1) is 32.8 Å². The van der Waals surface area contributed by atoms with Crippen LogP contribution in [-0.4, -0.2) is 11.4 Å². The minimum absolute atomic E-state index is 0. The molecule has 0 unspecified atom stereocenters. The second-order valence-corrected chi connectivity index (χ2v) is 6.02. The molecule has 0 bridgehead atoms. The summed E-state index contributed by atoms with van der Waals surface area (Å²) in [6.45, 7) is 7.83. The number of nitrogens with zero attached hydrogens (tertiary/aromatic N) is 2. The quantitative estimate of drug-likeness (QED) is 0.299. The molecule has 0 aromatic heterocycles. The summed E-state index contributed by atoms with van der Waals surface area (Å²) in [4.78, 5) is 9.25. The molecule has 2 nitrogen and oxygen atoms in total. The number of benzene rings is 2. The fourth-order valence-corrected chi connectivity index (χ4v) is 2.55. The Labute approximate surface area is 164 Å². The third kappa shape index (κ3) is 5.44. The standard InChI is InChI=1S/C18H18Cl2N2.CH3.Ni/c1-11-7-5-9-15(19)17(11)21-13(3)14(4)22-18-12(2)8-6-10-16(18)20;;/h5-10H,1-4H3;1H3;/q;-1;. The molecule has 0 aliphatic heterocycles. The van der Waals surface area contributed by atoms with E-state index >= 15 is 0 Å². The van der Waals surface area contributed by atoms with Crippen LogP contribution in [0.4, 0.5) is 11.4 Å². The zero-order valence-electron chi connectivity index (χ0n) is 14.4. The first-order valence-corrected chi connectivity index (χ1v) is 7.77. The van der Waals surface area contributed by atoms with Crippen molar-refractivity contribution in [1.29, 1.82) is 0 Å². The van der Waals surface area contributed by atoms with Gasteiger partial charge in [0, 0.05) is 16.5 Å². The zero-order chi connectivity index (χ0) is 16.3. The van der Waals surface area contributed by atoms with Crippen LogP contribution in [0.25, 0.3) is 0 Å². The van der Waals surface area contributed by atoms with Crippen LogP contribution in [0.3, 0.4) is 0 Å². The van der Waals surface area contributed by atoms with Crippen LogP contribution >= 0.6 is 23.2 Å². The van der Waals surface area contributed by atoms with E-state index in [1.54, 1.807) is 0 Å². The summed E-state index contributed by atoms with van der Waals surface area (Å²) < 4.78 is 0. The Bertz CT molecular complexity index is 662. The van der Waals surface area contributed by atoms with Crippen molar-refractivity contribution in [2.24, 2.45) is 9.98 Å². The molecule has 0 fully saturated rings. The van der Waals surface area contributed by atoms with Crippen molar-refractivity contribution in [1.82, 2.24) is 0 Å². The minimum Gasteiger partial charge on any atom is -0.358 e. The summed E-state index contributed by atoms with van der Waals surface area (Å²) in [6.07, 6.45) is 0. The Kier molecular flexibility index (Phi) is 9.51. The minimum atomic E-state index is 0. The fourth-order valence-electron chi connectivity index (χ4n) is 2.03. The first-order valence-electron chi connectivity index (χ1n) is 7.01. The molecular formula is C19H21Cl2N2Ni-. The predicted octanol–water partition coefficient (Wildman–Crippen LogP) is 6.94. The molecule has 2 rings (SSSR count). The third-order valence-electron chi connectivity index (χ3n) is 3.46. The van der Waals surface area contributed by atoms with Crippen molar-refractivity contribution in [3.05, 3.63) is 65.0 Å². The molecule has 0 atom stereocenters. The number of hydrogen-bond donors (Lipinski definition) is 0. The van der Waals surface area contributed by atoms with Crippen LogP contribution in [0, 0.1) is 21.3 Å². The Morgan fingerprint density at radius 1 is 0.750 bits per heavy atom. The topological polar surface area (TPSA) is 24.7 Å². The van der Waals surface area contributed by atoms with E-state index < -0.39 is 0 Å². The maximum atomic E-state index is 6.22. The fraction of sp³-hybridized carbons (Fsp3) is 0.211. The van der Waals surface area contributed by atoms with E-state index in [9.17, 15) is 0 Å². The molecule has 5 heteroatoms. The maximum absolute atomic E-state index is 6.22. The van der Waals surface area contributed by atoms with Gasteiger partial charge in [-0.15, -0.1) is 0 Å². The molecule has 0 amide bonds. The molecule has 132 valence electrons. The second-order valence-electron chi connectivity index (χ2n) is 5.21. The largest absolute Gasteiger partial charge is 0.358 e. The Balaban J connectivity index is 0.00000264. The molecule has 0 saturated heterocycles. The van der Waals surface area contributed by atoms with Crippen molar-refractivity contribution >= 4 is 46.0 Å². The van der Waals surface area contributed by atoms with Crippen LogP contribution in [0.2, 0.25) is 10.0 Å². The van der Waals surface area contributed by atoms with E-state index in [1.165, 1.54) is 0 Å². The molecule has 0 radical (unpaired) electrons. The van der Waals surface area contributed by atoms with Crippen molar-refractivity contribution in [3.8, 4) is 0 Å². The van der Waals surface area contributed by atoms with Gasteiger partial charge >= 0.3 is 0 Å². The number of aliphatic imine (C=N–C) groups is 2. The molecule has 0 aliphatic rings. The molecule has 2 aromatic rings. The van der Waals surface area contributed by atoms with Crippen LogP contribution < -0.4 is 0 Å². The van der Waals surface area contributed by atoms with E-state index in [0.717, 1.165) is 33.9 Å². The van der Waals surface area contributed by atoms with E-state index in [1.807, 2.05) is 64.1 Å². The Morgan fingerprint density at radius 2 is 1.08 bits per heavy atom. The predicted molar refractivity (Wildman–Crippen MR) is 104 cm³/mol. The molecule has 2 aromatic carbocycles. The van der Waals surface area contributed by atoms with Crippen LogP contribution in [-0.2, 0) is 16.5 Å². The number of para-hydroxylation sites is 2. The first-order chi connectivity index (χ1) is 10.4. The molecule has 0 heterocycles. The molecule has 24 heavy (non-hydrogen) atoms. The van der Waals surface area contributed by atoms with Crippen LogP contribution in [0.5, 0.6) is 0 Å². The normalized spacial score (nSPS) is 11.6. The van der Waals surface area contributed by atoms with E-state index in [2.05, 4.69) is 9.98 Å². The summed E-state index contributed by atoms with van der Waals surface area (Å²) >= 11 is 12.4. The molecule has 0 aliphatic carbocycles. The molecule has 0 N–H and O–H groups in total. The van der Waals surface area contributed by atoms with Gasteiger partial charge in [0.15, 0.2) is 0 Å². The third-order valence-corrected chi connectivity index (χ3v) is 4.07. The summed E-state index contributed by atoms with van der Waals surface area (Å²) in [5, 5.41) is 1.28. The Hall–Kier alpha value is -1.15. The smallest absolute Gasteiger partial charge is 0.0848 e. The number of halogens is 2. The maximum Gasteiger partial charge on any atom is 0.0848 e. The van der Waals surface area contributed by atoms with Crippen LogP contribution in [0.15, 0.2) is 46.4 Å². The van der Waals surface area contributed by atoms with Gasteiger partial charge in [0.2, 0.25) is 0 Å². The SMILES string of the molecule is CC(=Nc1c(C)cccc1Cl)C(C)=Nc1c(C)cccc1Cl.[CH3-].[Ni]. The van der Waals surface area contributed by atoms with E-state index in [-0.39, 0.29) is 23.9 Å². The number of rotatable bonds is 3. The summed E-state index contributed by atoms with van der Waals surface area (Å²) in [5.74, 6) is 0. The number of hydrogen-bond acceptors (Lipinski definition) is 2. The zero-order valence-corrected chi connectivity index (χ0v) is 16.9. The van der Waals surface area contributed by atoms with Gasteiger partial charge in [-0.2, -0.15) is 0 Å². The molecule has 0 spiro atoms. The summed E-state index contributed by atoms with van der Waals surface area (Å²) in [6, 6.07) is 11.5. The van der Waals surface area contributed by atoms with E-state index in [0.29, 0.717) is 10.0 Å². The van der Waals surface area contributed by atoms with Gasteiger partial charge in [-0.05, 0) is 51.0 Å². The van der Waals surface area contributed by atoms with Crippen LogP contribution in [0.1, 0.15) is 25.0 Å². The molecular weight excluding hydrogens is 386 g/mol. The number of aryl methyl sites for hydroxylation is 2. The van der Waals surface area contributed by atoms with Gasteiger partial charge in [0.1, 0.15) is 0 Å². The van der Waals surface area contributed by atoms with Gasteiger partial charge in [-0.3, -0.25) is 9.98 Å². The van der Waals surface area contributed by atoms with E-state index in [4.69, 9.17) is 23.2 Å². The van der Waals surface area contributed by atoms with Crippen molar-refractivity contribution in [2.75, 3.05) is 0 Å². The van der Waals surface area contributed by atoms with Crippen molar-refractivity contribution in [2.45, 2.75) is 27.7 Å². The Morgan fingerprint density at radius 3 is 1.38 bits per heavy atom. The van der Waals surface area contributed by atoms with Crippen molar-refractivity contribution in [3.63, 3.8) is 0 Å². The summed E-state index contributed by atoms with van der Waals surface area (Å²) in [7, 11) is 0. The molecule has 0 saturated carbocycles. The van der Waals surface area contributed by atoms with Gasteiger partial charge in [0.25, 0.3) is 0 Å². The first kappa shape index (κ1) is 22.9. The van der Waals surface area contributed by atoms with Crippen molar-refractivity contribution < 1.29 is 16.5 Å². The van der Waals surface area contributed by atoms with Gasteiger partial charge < -0.3 is 7.43 Å².